The minimum absolute atomic E-state index is 0.207. The first-order valence-corrected chi connectivity index (χ1v) is 10.0. The lowest BCUT2D eigenvalue weighted by molar-refractivity contribution is -0.135. The first-order chi connectivity index (χ1) is 14.1. The van der Waals surface area contributed by atoms with Crippen molar-refractivity contribution < 1.29 is 18.8 Å². The summed E-state index contributed by atoms with van der Waals surface area (Å²) in [5, 5.41) is 8.77. The van der Waals surface area contributed by atoms with Crippen molar-refractivity contribution in [3.05, 3.63) is 52.6 Å². The third kappa shape index (κ3) is 3.82. The summed E-state index contributed by atoms with van der Waals surface area (Å²) in [5.41, 5.74) is 1.13. The maximum atomic E-state index is 12.6. The molecular formula is C21H17N3O4S. The zero-order chi connectivity index (χ0) is 20.4. The number of likely N-dealkylation sites (tertiary alicyclic amines) is 1. The molecule has 3 heterocycles. The molecule has 8 heteroatoms. The molecule has 0 aliphatic carbocycles. The van der Waals surface area contributed by atoms with Crippen LogP contribution in [-0.2, 0) is 9.59 Å². The molecule has 1 aromatic carbocycles. The molecule has 146 valence electrons. The van der Waals surface area contributed by atoms with E-state index in [0.29, 0.717) is 35.7 Å². The fourth-order valence-corrected chi connectivity index (χ4v) is 4.16. The molecule has 0 unspecified atom stereocenters. The van der Waals surface area contributed by atoms with E-state index in [9.17, 15) is 19.6 Å². The first kappa shape index (κ1) is 19.0. The van der Waals surface area contributed by atoms with Gasteiger partial charge in [-0.3, -0.25) is 19.3 Å². The molecule has 2 aliphatic heterocycles. The van der Waals surface area contributed by atoms with Crippen LogP contribution in [0.3, 0.4) is 0 Å². The van der Waals surface area contributed by atoms with Gasteiger partial charge in [0, 0.05) is 24.7 Å². The fraction of sp³-hybridized carbons (Fsp3) is 0.238. The zero-order valence-corrected chi connectivity index (χ0v) is 16.3. The van der Waals surface area contributed by atoms with Crippen LogP contribution >= 0.6 is 11.8 Å². The Labute approximate surface area is 171 Å². The Hall–Kier alpha value is -3.31. The topological polar surface area (TPSA) is 94.6 Å². The van der Waals surface area contributed by atoms with Crippen molar-refractivity contribution in [2.75, 3.05) is 19.6 Å². The predicted molar refractivity (Wildman–Crippen MR) is 107 cm³/mol. The number of hydrogen-bond acceptors (Lipinski definition) is 6. The number of carbonyl (C=O) groups is 3. The van der Waals surface area contributed by atoms with Crippen molar-refractivity contribution in [2.24, 2.45) is 0 Å². The number of nitriles is 1. The van der Waals surface area contributed by atoms with E-state index in [1.54, 1.807) is 41.3 Å². The molecule has 4 rings (SSSR count). The van der Waals surface area contributed by atoms with Crippen molar-refractivity contribution in [1.82, 2.24) is 9.80 Å². The lowest BCUT2D eigenvalue weighted by atomic mass is 10.1. The average molecular weight is 407 g/mol. The number of hydrogen-bond donors (Lipinski definition) is 0. The molecule has 0 atom stereocenters. The highest BCUT2D eigenvalue weighted by Gasteiger charge is 2.37. The van der Waals surface area contributed by atoms with Crippen molar-refractivity contribution in [2.45, 2.75) is 12.8 Å². The van der Waals surface area contributed by atoms with Gasteiger partial charge in [0.1, 0.15) is 18.1 Å². The van der Waals surface area contributed by atoms with Crippen LogP contribution < -0.4 is 0 Å². The Balaban J connectivity index is 1.51. The predicted octanol–water partition coefficient (Wildman–Crippen LogP) is 3.48. The maximum Gasteiger partial charge on any atom is 0.294 e. The standard InChI is InChI=1S/C21H17N3O4S/c22-12-14-5-1-2-6-16(14)17-8-7-15(28-17)11-18-20(26)24(21(27)29-18)13-19(25)23-9-3-4-10-23/h1-2,5-8,11H,3-4,9-10,13H2/b18-11-. The van der Waals surface area contributed by atoms with E-state index >= 15 is 0 Å². The normalized spacial score (nSPS) is 18.0. The van der Waals surface area contributed by atoms with Crippen LogP contribution in [0.5, 0.6) is 0 Å². The minimum atomic E-state index is -0.497. The van der Waals surface area contributed by atoms with Crippen LogP contribution in [-0.4, -0.2) is 46.5 Å². The summed E-state index contributed by atoms with van der Waals surface area (Å²) in [4.78, 5) is 40.0. The van der Waals surface area contributed by atoms with E-state index < -0.39 is 11.1 Å². The van der Waals surface area contributed by atoms with Crippen LogP contribution in [0.15, 0.2) is 45.7 Å². The number of rotatable bonds is 4. The van der Waals surface area contributed by atoms with Gasteiger partial charge >= 0.3 is 0 Å². The number of furan rings is 1. The Morgan fingerprint density at radius 2 is 1.93 bits per heavy atom. The van der Waals surface area contributed by atoms with Crippen LogP contribution in [0.25, 0.3) is 17.4 Å². The molecule has 0 N–H and O–H groups in total. The maximum absolute atomic E-state index is 12.6. The van der Waals surface area contributed by atoms with Crippen LogP contribution in [0.2, 0.25) is 0 Å². The number of carbonyl (C=O) groups excluding carboxylic acids is 3. The number of imide groups is 1. The molecule has 3 amide bonds. The third-order valence-corrected chi connectivity index (χ3v) is 5.75. The van der Waals surface area contributed by atoms with Crippen LogP contribution in [0.4, 0.5) is 4.79 Å². The summed E-state index contributed by atoms with van der Waals surface area (Å²) in [5.74, 6) is 0.184. The average Bonchev–Trinajstić information content (AvgIpc) is 3.47. The second kappa shape index (κ2) is 7.97. The van der Waals surface area contributed by atoms with Gasteiger partial charge in [-0.2, -0.15) is 5.26 Å². The molecule has 2 aliphatic rings. The third-order valence-electron chi connectivity index (χ3n) is 4.84. The van der Waals surface area contributed by atoms with Crippen molar-refractivity contribution in [3.63, 3.8) is 0 Å². The molecule has 0 spiro atoms. The highest BCUT2D eigenvalue weighted by molar-refractivity contribution is 8.18. The SMILES string of the molecule is N#Cc1ccccc1-c1ccc(/C=C2\SC(=O)N(CC(=O)N3CCCC3)C2=O)o1. The van der Waals surface area contributed by atoms with E-state index in [1.165, 1.54) is 6.08 Å². The zero-order valence-electron chi connectivity index (χ0n) is 15.5. The molecule has 2 aromatic rings. The summed E-state index contributed by atoms with van der Waals surface area (Å²) in [7, 11) is 0. The molecule has 0 bridgehead atoms. The minimum Gasteiger partial charge on any atom is -0.457 e. The molecule has 1 aromatic heterocycles. The largest absolute Gasteiger partial charge is 0.457 e. The molecule has 0 saturated carbocycles. The second-order valence-electron chi connectivity index (χ2n) is 6.72. The van der Waals surface area contributed by atoms with Crippen LogP contribution in [0.1, 0.15) is 24.2 Å². The van der Waals surface area contributed by atoms with E-state index in [-0.39, 0.29) is 17.4 Å². The quantitative estimate of drug-likeness (QED) is 0.720. The monoisotopic (exact) mass is 407 g/mol. The van der Waals surface area contributed by atoms with E-state index in [1.807, 2.05) is 0 Å². The van der Waals surface area contributed by atoms with Gasteiger partial charge in [-0.1, -0.05) is 12.1 Å². The van der Waals surface area contributed by atoms with Crippen molar-refractivity contribution >= 4 is 34.9 Å². The summed E-state index contributed by atoms with van der Waals surface area (Å²) >= 11 is 0.789. The Bertz CT molecular complexity index is 1060. The summed E-state index contributed by atoms with van der Waals surface area (Å²) in [6, 6.07) is 12.5. The highest BCUT2D eigenvalue weighted by Crippen LogP contribution is 2.33. The fourth-order valence-electron chi connectivity index (χ4n) is 3.34. The van der Waals surface area contributed by atoms with Crippen molar-refractivity contribution in [1.29, 1.82) is 5.26 Å². The van der Waals surface area contributed by atoms with Gasteiger partial charge in [-0.25, -0.2) is 0 Å². The van der Waals surface area contributed by atoms with Crippen LogP contribution in [0, 0.1) is 11.3 Å². The number of thioether (sulfide) groups is 1. The number of amides is 3. The summed E-state index contributed by atoms with van der Waals surface area (Å²) in [6.45, 7) is 1.11. The molecule has 0 radical (unpaired) electrons. The highest BCUT2D eigenvalue weighted by atomic mass is 32.2. The lowest BCUT2D eigenvalue weighted by Crippen LogP contribution is -2.40. The lowest BCUT2D eigenvalue weighted by Gasteiger charge is -2.18. The van der Waals surface area contributed by atoms with Gasteiger partial charge < -0.3 is 9.32 Å². The molecule has 2 fully saturated rings. The van der Waals surface area contributed by atoms with Gasteiger partial charge in [0.05, 0.1) is 16.5 Å². The van der Waals surface area contributed by atoms with Gasteiger partial charge in [-0.05, 0) is 48.9 Å². The van der Waals surface area contributed by atoms with E-state index in [0.717, 1.165) is 29.5 Å². The van der Waals surface area contributed by atoms with E-state index in [2.05, 4.69) is 6.07 Å². The van der Waals surface area contributed by atoms with E-state index in [4.69, 9.17) is 4.42 Å². The van der Waals surface area contributed by atoms with Gasteiger partial charge in [-0.15, -0.1) is 0 Å². The van der Waals surface area contributed by atoms with Crippen molar-refractivity contribution in [3.8, 4) is 17.4 Å². The molecule has 2 saturated heterocycles. The van der Waals surface area contributed by atoms with Gasteiger partial charge in [0.15, 0.2) is 0 Å². The van der Waals surface area contributed by atoms with Gasteiger partial charge in [0.2, 0.25) is 5.91 Å². The molecule has 29 heavy (non-hydrogen) atoms. The second-order valence-corrected chi connectivity index (χ2v) is 7.71. The smallest absolute Gasteiger partial charge is 0.294 e. The molecule has 7 nitrogen and oxygen atoms in total. The Kier molecular flexibility index (Phi) is 5.23. The summed E-state index contributed by atoms with van der Waals surface area (Å²) in [6.07, 6.45) is 3.39. The van der Waals surface area contributed by atoms with Gasteiger partial charge in [0.25, 0.3) is 11.1 Å². The Morgan fingerprint density at radius 3 is 2.69 bits per heavy atom. The number of nitrogens with zero attached hydrogens (tertiary/aromatic N) is 3. The summed E-state index contributed by atoms with van der Waals surface area (Å²) < 4.78 is 5.76. The number of benzene rings is 1. The Morgan fingerprint density at radius 1 is 1.17 bits per heavy atom. The first-order valence-electron chi connectivity index (χ1n) is 9.19. The molecular weight excluding hydrogens is 390 g/mol.